The van der Waals surface area contributed by atoms with Crippen LogP contribution in [0.15, 0.2) is 36.5 Å². The number of fused-ring (bicyclic) bond motifs is 3. The molecule has 0 saturated carbocycles. The summed E-state index contributed by atoms with van der Waals surface area (Å²) in [4.78, 5) is 0. The van der Waals surface area contributed by atoms with E-state index in [4.69, 9.17) is 5.73 Å². The molecular weight excluding hydrogens is 296 g/mol. The first kappa shape index (κ1) is 14.3. The van der Waals surface area contributed by atoms with Crippen molar-refractivity contribution in [1.29, 1.82) is 0 Å². The van der Waals surface area contributed by atoms with Gasteiger partial charge in [0, 0.05) is 17.3 Å². The van der Waals surface area contributed by atoms with E-state index in [1.807, 2.05) is 29.8 Å². The Morgan fingerprint density at radius 2 is 2.00 bits per heavy atom. The standard InChI is InChI=1S/C18H17F2N3/c1-11-2-5-17-13-9-18(21,7-6-16(13)22-23(17)10-11)12-3-4-14(19)15(20)8-12/h2-5,8,10H,6-7,9,21H2,1H3. The number of halogens is 2. The van der Waals surface area contributed by atoms with Gasteiger partial charge in [-0.3, -0.25) is 0 Å². The molecule has 0 fully saturated rings. The van der Waals surface area contributed by atoms with Crippen molar-refractivity contribution in [2.45, 2.75) is 31.7 Å². The molecule has 2 heterocycles. The first-order valence-electron chi connectivity index (χ1n) is 7.67. The average molecular weight is 313 g/mol. The maximum atomic E-state index is 13.6. The van der Waals surface area contributed by atoms with E-state index in [0.717, 1.165) is 34.8 Å². The number of nitrogens with two attached hydrogens (primary N) is 1. The lowest BCUT2D eigenvalue weighted by molar-refractivity contribution is 0.380. The second-order valence-corrected chi connectivity index (χ2v) is 6.42. The quantitative estimate of drug-likeness (QED) is 0.749. The number of aryl methyl sites for hydroxylation is 2. The lowest BCUT2D eigenvalue weighted by atomic mass is 9.76. The summed E-state index contributed by atoms with van der Waals surface area (Å²) in [7, 11) is 0. The van der Waals surface area contributed by atoms with Crippen LogP contribution in [-0.2, 0) is 18.4 Å². The molecule has 2 N–H and O–H groups in total. The van der Waals surface area contributed by atoms with Gasteiger partial charge in [0.2, 0.25) is 0 Å². The highest BCUT2D eigenvalue weighted by molar-refractivity contribution is 5.59. The van der Waals surface area contributed by atoms with E-state index < -0.39 is 17.2 Å². The smallest absolute Gasteiger partial charge is 0.159 e. The summed E-state index contributed by atoms with van der Waals surface area (Å²) in [5.74, 6) is -1.70. The van der Waals surface area contributed by atoms with Crippen molar-refractivity contribution in [1.82, 2.24) is 9.61 Å². The Balaban J connectivity index is 1.80. The van der Waals surface area contributed by atoms with Gasteiger partial charge in [0.1, 0.15) is 0 Å². The van der Waals surface area contributed by atoms with E-state index in [1.165, 1.54) is 6.07 Å². The summed E-state index contributed by atoms with van der Waals surface area (Å²) in [6.07, 6.45) is 3.95. The highest BCUT2D eigenvalue weighted by atomic mass is 19.2. The number of hydrogen-bond acceptors (Lipinski definition) is 2. The van der Waals surface area contributed by atoms with Crippen LogP contribution in [0.1, 0.15) is 28.8 Å². The van der Waals surface area contributed by atoms with Crippen LogP contribution in [0.25, 0.3) is 5.52 Å². The molecule has 23 heavy (non-hydrogen) atoms. The fourth-order valence-corrected chi connectivity index (χ4v) is 3.44. The Kier molecular flexibility index (Phi) is 3.03. The highest BCUT2D eigenvalue weighted by Crippen LogP contribution is 2.36. The Labute approximate surface area is 132 Å². The van der Waals surface area contributed by atoms with Gasteiger partial charge in [0.05, 0.1) is 11.2 Å². The average Bonchev–Trinajstić information content (AvgIpc) is 2.86. The summed E-state index contributed by atoms with van der Waals surface area (Å²) in [6, 6.07) is 8.03. The zero-order valence-corrected chi connectivity index (χ0v) is 12.8. The largest absolute Gasteiger partial charge is 0.321 e. The molecule has 118 valence electrons. The Morgan fingerprint density at radius 1 is 1.17 bits per heavy atom. The number of nitrogens with zero attached hydrogens (tertiary/aromatic N) is 2. The Hall–Kier alpha value is -2.27. The van der Waals surface area contributed by atoms with Crippen molar-refractivity contribution in [2.24, 2.45) is 5.73 Å². The SMILES string of the molecule is Cc1ccc2c3c(nn2c1)CCC(N)(c1ccc(F)c(F)c1)C3. The van der Waals surface area contributed by atoms with Gasteiger partial charge in [0.15, 0.2) is 11.6 Å². The van der Waals surface area contributed by atoms with Gasteiger partial charge < -0.3 is 5.73 Å². The molecular formula is C18H17F2N3. The van der Waals surface area contributed by atoms with Gasteiger partial charge >= 0.3 is 0 Å². The third-order valence-corrected chi connectivity index (χ3v) is 4.76. The van der Waals surface area contributed by atoms with E-state index in [1.54, 1.807) is 6.07 Å². The molecule has 0 radical (unpaired) electrons. The summed E-state index contributed by atoms with van der Waals surface area (Å²) in [5, 5.41) is 4.63. The maximum absolute atomic E-state index is 13.6. The van der Waals surface area contributed by atoms with Crippen molar-refractivity contribution >= 4 is 5.52 Å². The van der Waals surface area contributed by atoms with Gasteiger partial charge in [-0.15, -0.1) is 0 Å². The minimum Gasteiger partial charge on any atom is -0.321 e. The molecule has 0 aliphatic heterocycles. The van der Waals surface area contributed by atoms with Crippen molar-refractivity contribution in [2.75, 3.05) is 0 Å². The minimum atomic E-state index is -0.853. The fourth-order valence-electron chi connectivity index (χ4n) is 3.44. The molecule has 1 aliphatic carbocycles. The summed E-state index contributed by atoms with van der Waals surface area (Å²) in [5.41, 5.74) is 10.8. The first-order chi connectivity index (χ1) is 11.0. The highest BCUT2D eigenvalue weighted by Gasteiger charge is 2.35. The van der Waals surface area contributed by atoms with Crippen LogP contribution in [0.3, 0.4) is 0 Å². The Morgan fingerprint density at radius 3 is 2.78 bits per heavy atom. The normalized spacial score (nSPS) is 20.7. The molecule has 3 aromatic rings. The number of aromatic nitrogens is 2. The van der Waals surface area contributed by atoms with Gasteiger partial charge in [0.25, 0.3) is 0 Å². The Bertz CT molecular complexity index is 916. The van der Waals surface area contributed by atoms with Crippen LogP contribution < -0.4 is 5.73 Å². The summed E-state index contributed by atoms with van der Waals surface area (Å²) < 4.78 is 28.7. The van der Waals surface area contributed by atoms with E-state index in [2.05, 4.69) is 5.10 Å². The van der Waals surface area contributed by atoms with Crippen LogP contribution in [-0.4, -0.2) is 9.61 Å². The molecule has 0 saturated heterocycles. The lowest BCUT2D eigenvalue weighted by Gasteiger charge is -2.33. The van der Waals surface area contributed by atoms with E-state index in [9.17, 15) is 8.78 Å². The van der Waals surface area contributed by atoms with Crippen LogP contribution in [0.4, 0.5) is 8.78 Å². The molecule has 0 bridgehead atoms. The fraction of sp³-hybridized carbons (Fsp3) is 0.278. The zero-order chi connectivity index (χ0) is 16.2. The van der Waals surface area contributed by atoms with Gasteiger partial charge in [-0.25, -0.2) is 13.3 Å². The van der Waals surface area contributed by atoms with E-state index in [0.29, 0.717) is 18.4 Å². The molecule has 0 spiro atoms. The molecule has 3 nitrogen and oxygen atoms in total. The molecule has 4 rings (SSSR count). The van der Waals surface area contributed by atoms with Crippen molar-refractivity contribution in [3.05, 3.63) is 70.5 Å². The molecule has 5 heteroatoms. The number of rotatable bonds is 1. The van der Waals surface area contributed by atoms with Gasteiger partial charge in [-0.05, 0) is 55.5 Å². The molecule has 0 amide bonds. The maximum Gasteiger partial charge on any atom is 0.159 e. The second kappa shape index (κ2) is 4.86. The van der Waals surface area contributed by atoms with E-state index >= 15 is 0 Å². The second-order valence-electron chi connectivity index (χ2n) is 6.42. The van der Waals surface area contributed by atoms with Crippen molar-refractivity contribution in [3.8, 4) is 0 Å². The molecule has 2 aromatic heterocycles. The molecule has 1 unspecified atom stereocenters. The first-order valence-corrected chi connectivity index (χ1v) is 7.67. The molecule has 1 aromatic carbocycles. The van der Waals surface area contributed by atoms with Crippen molar-refractivity contribution in [3.63, 3.8) is 0 Å². The van der Waals surface area contributed by atoms with Gasteiger partial charge in [-0.1, -0.05) is 12.1 Å². The van der Waals surface area contributed by atoms with Crippen molar-refractivity contribution < 1.29 is 8.78 Å². The zero-order valence-electron chi connectivity index (χ0n) is 12.8. The topological polar surface area (TPSA) is 43.3 Å². The van der Waals surface area contributed by atoms with Gasteiger partial charge in [-0.2, -0.15) is 5.10 Å². The van der Waals surface area contributed by atoms with Crippen LogP contribution >= 0.6 is 0 Å². The number of hydrogen-bond donors (Lipinski definition) is 1. The monoisotopic (exact) mass is 313 g/mol. The number of pyridine rings is 1. The summed E-state index contributed by atoms with van der Waals surface area (Å²) >= 11 is 0. The molecule has 1 aliphatic rings. The van der Waals surface area contributed by atoms with Crippen LogP contribution in [0.2, 0.25) is 0 Å². The lowest BCUT2D eigenvalue weighted by Crippen LogP contribution is -2.42. The molecule has 1 atom stereocenters. The third-order valence-electron chi connectivity index (χ3n) is 4.76. The third kappa shape index (κ3) is 2.23. The summed E-state index contributed by atoms with van der Waals surface area (Å²) in [6.45, 7) is 2.02. The predicted octanol–water partition coefficient (Wildman–Crippen LogP) is 3.26. The minimum absolute atomic E-state index is 0.569. The number of benzene rings is 1. The van der Waals surface area contributed by atoms with Crippen LogP contribution in [0.5, 0.6) is 0 Å². The van der Waals surface area contributed by atoms with Crippen LogP contribution in [0, 0.1) is 18.6 Å². The van der Waals surface area contributed by atoms with E-state index in [-0.39, 0.29) is 0 Å². The predicted molar refractivity (Wildman–Crippen MR) is 84.2 cm³/mol.